The zero-order valence-corrected chi connectivity index (χ0v) is 19.3. The summed E-state index contributed by atoms with van der Waals surface area (Å²) in [5, 5.41) is 0. The first-order valence-corrected chi connectivity index (χ1v) is 13.4. The Morgan fingerprint density at radius 1 is 0.710 bits per heavy atom. The largest absolute Gasteiger partial charge is 0.456 e. The zero-order chi connectivity index (χ0) is 22.9. The maximum absolute atomic E-state index is 12.1. The van der Waals surface area contributed by atoms with E-state index < -0.39 is 30.0 Å². The fraction of sp³-hybridized carbons (Fsp3) is 0.455. The van der Waals surface area contributed by atoms with Crippen LogP contribution < -0.4 is 4.74 Å². The molecule has 0 atom stereocenters. The van der Waals surface area contributed by atoms with Crippen LogP contribution in [0.1, 0.15) is 63.9 Å². The normalized spacial score (nSPS) is 12.1. The first kappa shape index (κ1) is 25.3. The molecule has 7 nitrogen and oxygen atoms in total. The highest BCUT2D eigenvalue weighted by Crippen LogP contribution is 2.36. The second kappa shape index (κ2) is 11.6. The van der Waals surface area contributed by atoms with Crippen LogP contribution in [0.15, 0.2) is 52.3 Å². The number of rotatable bonds is 13. The highest BCUT2D eigenvalue weighted by Gasteiger charge is 2.31. The molecular weight excluding hydrogens is 440 g/mol. The Kier molecular flexibility index (Phi) is 9.49. The van der Waals surface area contributed by atoms with Crippen LogP contribution in [0.3, 0.4) is 0 Å². The van der Waals surface area contributed by atoms with E-state index in [0.717, 1.165) is 25.7 Å². The van der Waals surface area contributed by atoms with Crippen LogP contribution in [0.5, 0.6) is 11.5 Å². The van der Waals surface area contributed by atoms with Gasteiger partial charge in [-0.15, -0.1) is 0 Å². The molecule has 0 aliphatic heterocycles. The Balaban J connectivity index is 2.27. The maximum atomic E-state index is 12.1. The summed E-state index contributed by atoms with van der Waals surface area (Å²) >= 11 is 0. The third-order valence-corrected chi connectivity index (χ3v) is 6.98. The van der Waals surface area contributed by atoms with Crippen molar-refractivity contribution in [3.8, 4) is 11.5 Å². The van der Waals surface area contributed by atoms with Crippen molar-refractivity contribution in [3.63, 3.8) is 0 Å². The van der Waals surface area contributed by atoms with Gasteiger partial charge in [-0.05, 0) is 36.6 Å². The van der Waals surface area contributed by atoms with Crippen LogP contribution in [0.25, 0.3) is 0 Å². The average Bonchev–Trinajstić information content (AvgIpc) is 2.69. The Morgan fingerprint density at radius 3 is 1.81 bits per heavy atom. The molecule has 0 unspecified atom stereocenters. The standard InChI is InChI=1S/C22H30O7S2/c1-2-3-4-5-6-7-8-10-13-18-16-17-20(29-19-14-11-9-12-15-19)22(31(26,27)28)21(18)30(23,24)25/h9,11-12,14-17H,2-8,10,13H2,1H3,(H,23,24,25)(H,26,27,28). The number of ether oxygens (including phenoxy) is 1. The molecule has 0 aliphatic rings. The molecule has 2 aromatic carbocycles. The summed E-state index contributed by atoms with van der Waals surface area (Å²) in [6, 6.07) is 10.9. The number of aryl methyl sites for hydroxylation is 1. The van der Waals surface area contributed by atoms with Crippen molar-refractivity contribution in [2.75, 3.05) is 0 Å². The first-order valence-electron chi connectivity index (χ1n) is 10.5. The molecule has 0 aromatic heterocycles. The molecule has 2 rings (SSSR count). The number of hydrogen-bond donors (Lipinski definition) is 2. The molecule has 0 amide bonds. The highest BCUT2D eigenvalue weighted by atomic mass is 32.2. The fourth-order valence-electron chi connectivity index (χ4n) is 3.45. The number of para-hydroxylation sites is 1. The van der Waals surface area contributed by atoms with E-state index in [2.05, 4.69) is 6.92 Å². The van der Waals surface area contributed by atoms with Crippen LogP contribution in [0, 0.1) is 0 Å². The van der Waals surface area contributed by atoms with Gasteiger partial charge in [-0.3, -0.25) is 9.11 Å². The molecule has 9 heteroatoms. The molecule has 0 saturated heterocycles. The minimum atomic E-state index is -5.00. The minimum Gasteiger partial charge on any atom is -0.456 e. The first-order chi connectivity index (χ1) is 14.6. The van der Waals surface area contributed by atoms with Crippen LogP contribution in [0.4, 0.5) is 0 Å². The number of hydrogen-bond acceptors (Lipinski definition) is 5. The number of unbranched alkanes of at least 4 members (excludes halogenated alkanes) is 7. The van der Waals surface area contributed by atoms with Crippen LogP contribution in [-0.4, -0.2) is 25.9 Å². The van der Waals surface area contributed by atoms with Gasteiger partial charge in [0, 0.05) is 0 Å². The lowest BCUT2D eigenvalue weighted by atomic mass is 10.0. The van der Waals surface area contributed by atoms with Crippen molar-refractivity contribution in [1.82, 2.24) is 0 Å². The summed E-state index contributed by atoms with van der Waals surface area (Å²) in [5.74, 6) is -0.120. The van der Waals surface area contributed by atoms with Gasteiger partial charge in [0.05, 0.1) is 0 Å². The fourth-order valence-corrected chi connectivity index (χ4v) is 5.65. The third-order valence-electron chi connectivity index (χ3n) is 4.94. The van der Waals surface area contributed by atoms with Gasteiger partial charge < -0.3 is 4.74 Å². The smallest absolute Gasteiger partial charge is 0.299 e. The molecule has 2 N–H and O–H groups in total. The molecule has 0 spiro atoms. The van der Waals surface area contributed by atoms with Crippen LogP contribution in [-0.2, 0) is 26.7 Å². The van der Waals surface area contributed by atoms with Crippen molar-refractivity contribution >= 4 is 20.2 Å². The highest BCUT2D eigenvalue weighted by molar-refractivity contribution is 7.89. The van der Waals surface area contributed by atoms with Gasteiger partial charge in [-0.2, -0.15) is 16.8 Å². The molecule has 2 aromatic rings. The minimum absolute atomic E-state index is 0.126. The van der Waals surface area contributed by atoms with Gasteiger partial charge in [-0.25, -0.2) is 0 Å². The van der Waals surface area contributed by atoms with Gasteiger partial charge in [0.25, 0.3) is 20.2 Å². The van der Waals surface area contributed by atoms with E-state index in [1.165, 1.54) is 31.4 Å². The van der Waals surface area contributed by atoms with Gasteiger partial charge in [-0.1, -0.05) is 76.1 Å². The molecule has 0 heterocycles. The summed E-state index contributed by atoms with van der Waals surface area (Å²) in [4.78, 5) is -1.78. The van der Waals surface area contributed by atoms with E-state index in [0.29, 0.717) is 6.42 Å². The SMILES string of the molecule is CCCCCCCCCCc1ccc(Oc2ccccc2)c(S(=O)(=O)O)c1S(=O)(=O)O. The van der Waals surface area contributed by atoms with Crippen molar-refractivity contribution < 1.29 is 30.7 Å². The monoisotopic (exact) mass is 470 g/mol. The van der Waals surface area contributed by atoms with Crippen LogP contribution in [0.2, 0.25) is 0 Å². The van der Waals surface area contributed by atoms with Crippen LogP contribution >= 0.6 is 0 Å². The maximum Gasteiger partial charge on any atom is 0.299 e. The van der Waals surface area contributed by atoms with E-state index in [9.17, 15) is 25.9 Å². The van der Waals surface area contributed by atoms with Gasteiger partial charge >= 0.3 is 0 Å². The van der Waals surface area contributed by atoms with Gasteiger partial charge in [0.2, 0.25) is 0 Å². The Labute approximate surface area is 185 Å². The summed E-state index contributed by atoms with van der Waals surface area (Å²) in [6.07, 6.45) is 8.55. The van der Waals surface area contributed by atoms with Crippen molar-refractivity contribution in [3.05, 3.63) is 48.0 Å². The van der Waals surface area contributed by atoms with E-state index in [1.807, 2.05) is 0 Å². The molecule has 172 valence electrons. The molecule has 0 bridgehead atoms. The van der Waals surface area contributed by atoms with Gasteiger partial charge in [0.1, 0.15) is 16.4 Å². The average molecular weight is 471 g/mol. The second-order valence-electron chi connectivity index (χ2n) is 7.47. The summed E-state index contributed by atoms with van der Waals surface area (Å²) in [7, 11) is -9.94. The lowest BCUT2D eigenvalue weighted by Gasteiger charge is -2.15. The summed E-state index contributed by atoms with van der Waals surface area (Å²) in [6.45, 7) is 2.16. The predicted octanol–water partition coefficient (Wildman–Crippen LogP) is 5.66. The van der Waals surface area contributed by atoms with E-state index >= 15 is 0 Å². The van der Waals surface area contributed by atoms with Crippen molar-refractivity contribution in [2.45, 2.75) is 74.5 Å². The van der Waals surface area contributed by atoms with E-state index in [-0.39, 0.29) is 23.5 Å². The predicted molar refractivity (Wildman–Crippen MR) is 119 cm³/mol. The molecule has 0 fully saturated rings. The van der Waals surface area contributed by atoms with E-state index in [4.69, 9.17) is 4.74 Å². The molecule has 0 radical (unpaired) electrons. The van der Waals surface area contributed by atoms with E-state index in [1.54, 1.807) is 30.3 Å². The molecule has 31 heavy (non-hydrogen) atoms. The summed E-state index contributed by atoms with van der Waals surface area (Å²) < 4.78 is 73.3. The topological polar surface area (TPSA) is 118 Å². The van der Waals surface area contributed by atoms with Crippen molar-refractivity contribution in [2.24, 2.45) is 0 Å². The Hall–Kier alpha value is -1.94. The lowest BCUT2D eigenvalue weighted by Crippen LogP contribution is -2.13. The van der Waals surface area contributed by atoms with Crippen molar-refractivity contribution in [1.29, 1.82) is 0 Å². The molecule has 0 saturated carbocycles. The zero-order valence-electron chi connectivity index (χ0n) is 17.7. The van der Waals surface area contributed by atoms with Gasteiger partial charge in [0.15, 0.2) is 4.90 Å². The Morgan fingerprint density at radius 2 is 1.26 bits per heavy atom. The third kappa shape index (κ3) is 7.92. The lowest BCUT2D eigenvalue weighted by molar-refractivity contribution is 0.435. The Bertz CT molecular complexity index is 1050. The molecule has 0 aliphatic carbocycles. The second-order valence-corrected chi connectivity index (χ2v) is 10.2. The number of benzene rings is 2. The summed E-state index contributed by atoms with van der Waals surface area (Å²) in [5.41, 5.74) is 0.126. The molecular formula is C22H30O7S2. The quantitative estimate of drug-likeness (QED) is 0.287.